The first-order valence-corrected chi connectivity index (χ1v) is 6.51. The quantitative estimate of drug-likeness (QED) is 0.811. The van der Waals surface area contributed by atoms with Crippen molar-refractivity contribution >= 4 is 0 Å². The lowest BCUT2D eigenvalue weighted by Crippen LogP contribution is -2.18. The zero-order chi connectivity index (χ0) is 13.0. The lowest BCUT2D eigenvalue weighted by atomic mass is 9.83. The summed E-state index contributed by atoms with van der Waals surface area (Å²) in [7, 11) is 0. The highest BCUT2D eigenvalue weighted by Crippen LogP contribution is 2.29. The molecule has 0 N–H and O–H groups in total. The van der Waals surface area contributed by atoms with Crippen LogP contribution in [0.2, 0.25) is 0 Å². The summed E-state index contributed by atoms with van der Waals surface area (Å²) in [5, 5.41) is 8.64. The van der Waals surface area contributed by atoms with Crippen LogP contribution in [0, 0.1) is 29.0 Å². The Hall–Kier alpha value is -1.56. The van der Waals surface area contributed by atoms with E-state index < -0.39 is 5.82 Å². The number of hydrogen-bond donors (Lipinski definition) is 0. The van der Waals surface area contributed by atoms with E-state index in [1.165, 1.54) is 37.8 Å². The van der Waals surface area contributed by atoms with Gasteiger partial charge in [-0.25, -0.2) is 4.39 Å². The molecule has 1 aliphatic rings. The Bertz CT molecular complexity index is 444. The van der Waals surface area contributed by atoms with Crippen LogP contribution in [-0.4, -0.2) is 6.61 Å². The molecule has 3 heteroatoms. The van der Waals surface area contributed by atoms with Gasteiger partial charge in [0.15, 0.2) is 0 Å². The molecule has 1 aliphatic carbocycles. The average molecular weight is 247 g/mol. The SMILES string of the molecule is CC1CCC(COc2ccc(C#N)c(F)c2)CC1. The number of benzene rings is 1. The maximum absolute atomic E-state index is 13.4. The molecule has 0 spiro atoms. The van der Waals surface area contributed by atoms with E-state index in [4.69, 9.17) is 10.00 Å². The van der Waals surface area contributed by atoms with Gasteiger partial charge < -0.3 is 4.74 Å². The third-order valence-corrected chi connectivity index (χ3v) is 3.68. The van der Waals surface area contributed by atoms with Crippen molar-refractivity contribution in [2.75, 3.05) is 6.61 Å². The number of rotatable bonds is 3. The summed E-state index contributed by atoms with van der Waals surface area (Å²) in [4.78, 5) is 0. The minimum Gasteiger partial charge on any atom is -0.493 e. The summed E-state index contributed by atoms with van der Waals surface area (Å²) in [6, 6.07) is 6.22. The molecule has 1 saturated carbocycles. The molecule has 1 aromatic carbocycles. The molecule has 0 saturated heterocycles. The van der Waals surface area contributed by atoms with Gasteiger partial charge in [0.1, 0.15) is 17.6 Å². The highest BCUT2D eigenvalue weighted by molar-refractivity contribution is 5.36. The predicted molar refractivity (Wildman–Crippen MR) is 67.7 cm³/mol. The normalized spacial score (nSPS) is 23.4. The van der Waals surface area contributed by atoms with Crippen LogP contribution in [0.3, 0.4) is 0 Å². The largest absolute Gasteiger partial charge is 0.493 e. The summed E-state index contributed by atoms with van der Waals surface area (Å²) in [5.41, 5.74) is 0.0637. The molecule has 18 heavy (non-hydrogen) atoms. The summed E-state index contributed by atoms with van der Waals surface area (Å²) in [6.45, 7) is 2.94. The molecular weight excluding hydrogens is 229 g/mol. The van der Waals surface area contributed by atoms with Gasteiger partial charge in [0.25, 0.3) is 0 Å². The highest BCUT2D eigenvalue weighted by atomic mass is 19.1. The molecule has 0 radical (unpaired) electrons. The molecule has 1 fully saturated rings. The van der Waals surface area contributed by atoms with Crippen LogP contribution >= 0.6 is 0 Å². The van der Waals surface area contributed by atoms with Crippen LogP contribution in [0.15, 0.2) is 18.2 Å². The maximum Gasteiger partial charge on any atom is 0.144 e. The zero-order valence-corrected chi connectivity index (χ0v) is 10.7. The first-order chi connectivity index (χ1) is 8.69. The molecule has 0 amide bonds. The Labute approximate surface area is 107 Å². The van der Waals surface area contributed by atoms with Gasteiger partial charge in [0.2, 0.25) is 0 Å². The summed E-state index contributed by atoms with van der Waals surface area (Å²) in [6.07, 6.45) is 4.91. The van der Waals surface area contributed by atoms with Gasteiger partial charge in [-0.15, -0.1) is 0 Å². The van der Waals surface area contributed by atoms with E-state index in [0.29, 0.717) is 18.3 Å². The van der Waals surface area contributed by atoms with Crippen LogP contribution in [0.4, 0.5) is 4.39 Å². The molecule has 96 valence electrons. The highest BCUT2D eigenvalue weighted by Gasteiger charge is 2.18. The third-order valence-electron chi connectivity index (χ3n) is 3.68. The number of halogens is 1. The van der Waals surface area contributed by atoms with Crippen LogP contribution in [0.5, 0.6) is 5.75 Å². The molecule has 0 aromatic heterocycles. The fraction of sp³-hybridized carbons (Fsp3) is 0.533. The van der Waals surface area contributed by atoms with Gasteiger partial charge in [-0.3, -0.25) is 0 Å². The van der Waals surface area contributed by atoms with Gasteiger partial charge in [-0.2, -0.15) is 5.26 Å². The fourth-order valence-electron chi connectivity index (χ4n) is 2.39. The van der Waals surface area contributed by atoms with Crippen LogP contribution in [-0.2, 0) is 0 Å². The fourth-order valence-corrected chi connectivity index (χ4v) is 2.39. The van der Waals surface area contributed by atoms with Crippen molar-refractivity contribution in [3.63, 3.8) is 0 Å². The van der Waals surface area contributed by atoms with E-state index >= 15 is 0 Å². The summed E-state index contributed by atoms with van der Waals surface area (Å²) >= 11 is 0. The smallest absolute Gasteiger partial charge is 0.144 e. The second-order valence-electron chi connectivity index (χ2n) is 5.19. The number of nitrogens with zero attached hydrogens (tertiary/aromatic N) is 1. The number of nitriles is 1. The van der Waals surface area contributed by atoms with Gasteiger partial charge in [-0.05, 0) is 36.8 Å². The topological polar surface area (TPSA) is 33.0 Å². The Kier molecular flexibility index (Phi) is 4.19. The summed E-state index contributed by atoms with van der Waals surface area (Å²) in [5.74, 6) is 1.42. The minimum absolute atomic E-state index is 0.0637. The van der Waals surface area contributed by atoms with E-state index in [1.54, 1.807) is 12.1 Å². The Morgan fingerprint density at radius 3 is 2.67 bits per heavy atom. The van der Waals surface area contributed by atoms with Crippen molar-refractivity contribution in [1.29, 1.82) is 5.26 Å². The van der Waals surface area contributed by atoms with Gasteiger partial charge >= 0.3 is 0 Å². The minimum atomic E-state index is -0.507. The Morgan fingerprint density at radius 2 is 2.06 bits per heavy atom. The second kappa shape index (κ2) is 5.86. The van der Waals surface area contributed by atoms with Crippen molar-refractivity contribution < 1.29 is 9.13 Å². The third kappa shape index (κ3) is 3.22. The summed E-state index contributed by atoms with van der Waals surface area (Å²) < 4.78 is 19.0. The van der Waals surface area contributed by atoms with Crippen molar-refractivity contribution in [2.45, 2.75) is 32.6 Å². The molecule has 0 bridgehead atoms. The number of hydrogen-bond acceptors (Lipinski definition) is 2. The van der Waals surface area contributed by atoms with Gasteiger partial charge in [0, 0.05) is 6.07 Å². The van der Waals surface area contributed by atoms with Gasteiger partial charge in [0.05, 0.1) is 12.2 Å². The first kappa shape index (κ1) is 12.9. The van der Waals surface area contributed by atoms with Crippen molar-refractivity contribution in [2.24, 2.45) is 11.8 Å². The molecule has 0 aliphatic heterocycles. The predicted octanol–water partition coefficient (Wildman–Crippen LogP) is 3.90. The second-order valence-corrected chi connectivity index (χ2v) is 5.19. The molecule has 0 atom stereocenters. The zero-order valence-electron chi connectivity index (χ0n) is 10.7. The maximum atomic E-state index is 13.4. The first-order valence-electron chi connectivity index (χ1n) is 6.51. The Morgan fingerprint density at radius 1 is 1.33 bits per heavy atom. The monoisotopic (exact) mass is 247 g/mol. The van der Waals surface area contributed by atoms with Crippen molar-refractivity contribution in [1.82, 2.24) is 0 Å². The molecular formula is C15H18FNO. The molecule has 0 unspecified atom stereocenters. The lowest BCUT2D eigenvalue weighted by Gasteiger charge is -2.26. The average Bonchev–Trinajstić information content (AvgIpc) is 2.38. The van der Waals surface area contributed by atoms with Crippen molar-refractivity contribution in [3.8, 4) is 11.8 Å². The van der Waals surface area contributed by atoms with E-state index in [0.717, 1.165) is 5.92 Å². The van der Waals surface area contributed by atoms with Crippen LogP contribution in [0.1, 0.15) is 38.2 Å². The molecule has 1 aromatic rings. The van der Waals surface area contributed by atoms with E-state index in [1.807, 2.05) is 0 Å². The molecule has 2 rings (SSSR count). The van der Waals surface area contributed by atoms with E-state index in [2.05, 4.69) is 6.92 Å². The molecule has 0 heterocycles. The standard InChI is InChI=1S/C15H18FNO/c1-11-2-4-12(5-3-11)10-18-14-7-6-13(9-17)15(16)8-14/h6-8,11-12H,2-5,10H2,1H3. The Balaban J connectivity index is 1.87. The van der Waals surface area contributed by atoms with Crippen LogP contribution in [0.25, 0.3) is 0 Å². The van der Waals surface area contributed by atoms with E-state index in [-0.39, 0.29) is 5.56 Å². The number of ether oxygens (including phenoxy) is 1. The van der Waals surface area contributed by atoms with E-state index in [9.17, 15) is 4.39 Å². The lowest BCUT2D eigenvalue weighted by molar-refractivity contribution is 0.187. The van der Waals surface area contributed by atoms with Crippen LogP contribution < -0.4 is 4.74 Å². The van der Waals surface area contributed by atoms with Crippen molar-refractivity contribution in [3.05, 3.63) is 29.6 Å². The van der Waals surface area contributed by atoms with Gasteiger partial charge in [-0.1, -0.05) is 19.8 Å². The molecule has 2 nitrogen and oxygen atoms in total.